The SMILES string of the molecule is COC(=O)CNc1nc2cnc(Cl)nc2s1. The van der Waals surface area contributed by atoms with E-state index in [9.17, 15) is 4.79 Å². The first-order valence-corrected chi connectivity index (χ1v) is 5.48. The van der Waals surface area contributed by atoms with Crippen LogP contribution < -0.4 is 5.32 Å². The summed E-state index contributed by atoms with van der Waals surface area (Å²) < 4.78 is 4.49. The van der Waals surface area contributed by atoms with Crippen molar-refractivity contribution in [3.63, 3.8) is 0 Å². The zero-order valence-electron chi connectivity index (χ0n) is 8.23. The van der Waals surface area contributed by atoms with E-state index in [1.165, 1.54) is 24.6 Å². The maximum Gasteiger partial charge on any atom is 0.325 e. The van der Waals surface area contributed by atoms with Crippen LogP contribution in [-0.4, -0.2) is 34.6 Å². The van der Waals surface area contributed by atoms with E-state index < -0.39 is 0 Å². The number of esters is 1. The number of hydrogen-bond donors (Lipinski definition) is 1. The molecule has 6 nitrogen and oxygen atoms in total. The van der Waals surface area contributed by atoms with Crippen LogP contribution in [-0.2, 0) is 9.53 Å². The summed E-state index contributed by atoms with van der Waals surface area (Å²) in [4.78, 5) is 23.6. The maximum absolute atomic E-state index is 10.9. The highest BCUT2D eigenvalue weighted by Gasteiger charge is 2.07. The van der Waals surface area contributed by atoms with Crippen LogP contribution in [0.2, 0.25) is 5.28 Å². The van der Waals surface area contributed by atoms with E-state index in [2.05, 4.69) is 25.0 Å². The normalized spacial score (nSPS) is 10.4. The Morgan fingerprint density at radius 1 is 1.62 bits per heavy atom. The fourth-order valence-electron chi connectivity index (χ4n) is 1.01. The van der Waals surface area contributed by atoms with Gasteiger partial charge in [0.25, 0.3) is 0 Å². The molecule has 84 valence electrons. The lowest BCUT2D eigenvalue weighted by Crippen LogP contribution is -2.14. The van der Waals surface area contributed by atoms with Gasteiger partial charge in [-0.25, -0.2) is 15.0 Å². The summed E-state index contributed by atoms with van der Waals surface area (Å²) in [5.74, 6) is -0.358. The third-order valence-corrected chi connectivity index (χ3v) is 2.84. The van der Waals surface area contributed by atoms with Crippen LogP contribution in [0.4, 0.5) is 5.13 Å². The van der Waals surface area contributed by atoms with Gasteiger partial charge in [0, 0.05) is 0 Å². The topological polar surface area (TPSA) is 77.0 Å². The molecule has 0 spiro atoms. The zero-order chi connectivity index (χ0) is 11.5. The maximum atomic E-state index is 10.9. The van der Waals surface area contributed by atoms with Gasteiger partial charge < -0.3 is 10.1 Å². The second kappa shape index (κ2) is 4.58. The first-order chi connectivity index (χ1) is 7.69. The van der Waals surface area contributed by atoms with Crippen molar-refractivity contribution in [2.45, 2.75) is 0 Å². The Balaban J connectivity index is 2.16. The molecular weight excluding hydrogens is 252 g/mol. The van der Waals surface area contributed by atoms with Crippen molar-refractivity contribution in [3.05, 3.63) is 11.5 Å². The highest BCUT2D eigenvalue weighted by Crippen LogP contribution is 2.24. The molecule has 2 heterocycles. The second-order valence-electron chi connectivity index (χ2n) is 2.78. The minimum absolute atomic E-state index is 0.0669. The lowest BCUT2D eigenvalue weighted by atomic mass is 10.6. The average molecular weight is 259 g/mol. The summed E-state index contributed by atoms with van der Waals surface area (Å²) in [6.45, 7) is 0.0669. The van der Waals surface area contributed by atoms with Crippen molar-refractivity contribution in [1.82, 2.24) is 15.0 Å². The van der Waals surface area contributed by atoms with Crippen molar-refractivity contribution in [2.24, 2.45) is 0 Å². The number of methoxy groups -OCH3 is 1. The summed E-state index contributed by atoms with van der Waals surface area (Å²) >= 11 is 6.94. The van der Waals surface area contributed by atoms with Crippen molar-refractivity contribution >= 4 is 44.4 Å². The number of halogens is 1. The van der Waals surface area contributed by atoms with Gasteiger partial charge in [-0.05, 0) is 11.6 Å². The summed E-state index contributed by atoms with van der Waals surface area (Å²) in [7, 11) is 1.33. The number of thiazole rings is 1. The largest absolute Gasteiger partial charge is 0.468 e. The van der Waals surface area contributed by atoms with Crippen LogP contribution in [0.25, 0.3) is 10.3 Å². The van der Waals surface area contributed by atoms with Crippen LogP contribution in [0.15, 0.2) is 6.20 Å². The second-order valence-corrected chi connectivity index (χ2v) is 4.09. The molecule has 0 aliphatic carbocycles. The Labute approximate surface area is 99.6 Å². The Morgan fingerprint density at radius 2 is 2.44 bits per heavy atom. The van der Waals surface area contributed by atoms with Gasteiger partial charge in [-0.3, -0.25) is 4.79 Å². The Bertz CT molecular complexity index is 530. The molecule has 0 amide bonds. The molecule has 0 saturated carbocycles. The molecule has 2 aromatic rings. The van der Waals surface area contributed by atoms with Gasteiger partial charge in [0.2, 0.25) is 5.28 Å². The molecule has 1 N–H and O–H groups in total. The fourth-order valence-corrected chi connectivity index (χ4v) is 2.00. The monoisotopic (exact) mass is 258 g/mol. The van der Waals surface area contributed by atoms with Gasteiger partial charge in [0.1, 0.15) is 16.9 Å². The van der Waals surface area contributed by atoms with Gasteiger partial charge in [0.15, 0.2) is 5.13 Å². The molecule has 0 saturated heterocycles. The third kappa shape index (κ3) is 2.37. The van der Waals surface area contributed by atoms with Crippen LogP contribution in [0.1, 0.15) is 0 Å². The lowest BCUT2D eigenvalue weighted by molar-refractivity contribution is -0.138. The molecule has 0 fully saturated rings. The number of anilines is 1. The number of nitrogens with zero attached hydrogens (tertiary/aromatic N) is 3. The van der Waals surface area contributed by atoms with Crippen LogP contribution >= 0.6 is 22.9 Å². The molecule has 0 aliphatic heterocycles. The van der Waals surface area contributed by atoms with E-state index in [4.69, 9.17) is 11.6 Å². The van der Waals surface area contributed by atoms with Gasteiger partial charge in [-0.1, -0.05) is 11.3 Å². The number of nitrogens with one attached hydrogen (secondary N) is 1. The zero-order valence-corrected chi connectivity index (χ0v) is 9.80. The minimum atomic E-state index is -0.358. The van der Waals surface area contributed by atoms with E-state index >= 15 is 0 Å². The lowest BCUT2D eigenvalue weighted by Gasteiger charge is -1.98. The van der Waals surface area contributed by atoms with E-state index in [1.807, 2.05) is 0 Å². The Hall–Kier alpha value is -1.47. The molecule has 0 radical (unpaired) electrons. The van der Waals surface area contributed by atoms with Crippen molar-refractivity contribution in [1.29, 1.82) is 0 Å². The van der Waals surface area contributed by atoms with Crippen LogP contribution in [0, 0.1) is 0 Å². The number of carbonyl (C=O) groups is 1. The van der Waals surface area contributed by atoms with Gasteiger partial charge in [-0.15, -0.1) is 0 Å². The first-order valence-electron chi connectivity index (χ1n) is 4.29. The number of aromatic nitrogens is 3. The van der Waals surface area contributed by atoms with Gasteiger partial charge >= 0.3 is 5.97 Å². The number of fused-ring (bicyclic) bond motifs is 1. The number of rotatable bonds is 3. The highest BCUT2D eigenvalue weighted by atomic mass is 35.5. The molecular formula is C8H7ClN4O2S. The van der Waals surface area contributed by atoms with Gasteiger partial charge in [-0.2, -0.15) is 0 Å². The molecule has 0 aromatic carbocycles. The van der Waals surface area contributed by atoms with Crippen LogP contribution in [0.5, 0.6) is 0 Å². The highest BCUT2D eigenvalue weighted by molar-refractivity contribution is 7.21. The third-order valence-electron chi connectivity index (χ3n) is 1.73. The Kier molecular flexibility index (Phi) is 3.16. The minimum Gasteiger partial charge on any atom is -0.468 e. The molecule has 2 aromatic heterocycles. The van der Waals surface area contributed by atoms with E-state index in [0.717, 1.165) is 0 Å². The number of carbonyl (C=O) groups excluding carboxylic acids is 1. The number of hydrogen-bond acceptors (Lipinski definition) is 7. The quantitative estimate of drug-likeness (QED) is 0.661. The predicted molar refractivity (Wildman–Crippen MR) is 60.7 cm³/mol. The van der Waals surface area contributed by atoms with E-state index in [1.54, 1.807) is 0 Å². The fraction of sp³-hybridized carbons (Fsp3) is 0.250. The van der Waals surface area contributed by atoms with E-state index in [0.29, 0.717) is 15.5 Å². The molecule has 0 aliphatic rings. The van der Waals surface area contributed by atoms with Crippen LogP contribution in [0.3, 0.4) is 0 Å². The summed E-state index contributed by atoms with van der Waals surface area (Å²) in [6, 6.07) is 0. The standard InChI is InChI=1S/C8H7ClN4O2S/c1-15-5(14)3-11-8-12-4-2-10-7(9)13-6(4)16-8/h2H,3H2,1H3,(H,11,12). The first kappa shape index (κ1) is 11.0. The predicted octanol–water partition coefficient (Wildman–Crippen LogP) is 1.32. The Morgan fingerprint density at radius 3 is 3.19 bits per heavy atom. The molecule has 2 rings (SSSR count). The molecule has 16 heavy (non-hydrogen) atoms. The molecule has 0 atom stereocenters. The summed E-state index contributed by atoms with van der Waals surface area (Å²) in [5, 5.41) is 3.58. The van der Waals surface area contributed by atoms with E-state index in [-0.39, 0.29) is 17.8 Å². The van der Waals surface area contributed by atoms with Crippen molar-refractivity contribution in [2.75, 3.05) is 19.0 Å². The van der Waals surface area contributed by atoms with Crippen molar-refractivity contribution < 1.29 is 9.53 Å². The van der Waals surface area contributed by atoms with Crippen molar-refractivity contribution in [3.8, 4) is 0 Å². The molecule has 8 heteroatoms. The smallest absolute Gasteiger partial charge is 0.325 e. The number of ether oxygens (including phenoxy) is 1. The summed E-state index contributed by atoms with van der Waals surface area (Å²) in [5.41, 5.74) is 0.641. The van der Waals surface area contributed by atoms with Gasteiger partial charge in [0.05, 0.1) is 13.3 Å². The average Bonchev–Trinajstić information content (AvgIpc) is 2.67. The summed E-state index contributed by atoms with van der Waals surface area (Å²) in [6.07, 6.45) is 1.53. The molecule has 0 unspecified atom stereocenters. The molecule has 0 bridgehead atoms.